The number of benzene rings is 2. The molecule has 6 rings (SSSR count). The third kappa shape index (κ3) is 5.11. The molecular formula is C27H25ClN6O5. The van der Waals surface area contributed by atoms with Crippen LogP contribution in [0.15, 0.2) is 70.1 Å². The second kappa shape index (κ2) is 10.9. The summed E-state index contributed by atoms with van der Waals surface area (Å²) in [5.41, 5.74) is 1.69. The minimum atomic E-state index is -0.670. The highest BCUT2D eigenvalue weighted by Crippen LogP contribution is 2.37. The van der Waals surface area contributed by atoms with E-state index in [4.69, 9.17) is 30.2 Å². The van der Waals surface area contributed by atoms with Crippen LogP contribution in [0.1, 0.15) is 28.8 Å². The number of halogens is 1. The van der Waals surface area contributed by atoms with Gasteiger partial charge >= 0.3 is 0 Å². The molecule has 0 radical (unpaired) electrons. The van der Waals surface area contributed by atoms with Crippen LogP contribution in [-0.2, 0) is 24.4 Å². The van der Waals surface area contributed by atoms with Crippen LogP contribution in [0.2, 0.25) is 5.02 Å². The first kappa shape index (κ1) is 25.1. The number of methoxy groups -OCH3 is 1. The van der Waals surface area contributed by atoms with Gasteiger partial charge in [0.25, 0.3) is 5.56 Å². The van der Waals surface area contributed by atoms with E-state index in [1.807, 2.05) is 48.5 Å². The number of nitrogens with zero attached hydrogens (tertiary/aromatic N) is 5. The zero-order chi connectivity index (χ0) is 26.8. The summed E-state index contributed by atoms with van der Waals surface area (Å²) in [6, 6.07) is 16.1. The number of rotatable bonds is 10. The maximum atomic E-state index is 13.7. The third-order valence-corrected chi connectivity index (χ3v) is 6.98. The van der Waals surface area contributed by atoms with E-state index in [1.54, 1.807) is 24.1 Å². The van der Waals surface area contributed by atoms with Gasteiger partial charge in [0.15, 0.2) is 17.3 Å². The van der Waals surface area contributed by atoms with Crippen molar-refractivity contribution in [1.29, 1.82) is 0 Å². The second-order valence-electron chi connectivity index (χ2n) is 9.08. The van der Waals surface area contributed by atoms with Crippen LogP contribution in [0.3, 0.4) is 0 Å². The molecule has 0 aliphatic carbocycles. The van der Waals surface area contributed by atoms with Crippen molar-refractivity contribution in [3.8, 4) is 11.5 Å². The molecule has 0 unspecified atom stereocenters. The van der Waals surface area contributed by atoms with E-state index in [2.05, 4.69) is 25.4 Å². The first-order chi connectivity index (χ1) is 19.1. The Hall–Kier alpha value is -4.19. The number of H-pyrrole nitrogens is 1. The first-order valence-electron chi connectivity index (χ1n) is 12.3. The van der Waals surface area contributed by atoms with E-state index in [1.165, 1.54) is 0 Å². The molecule has 0 amide bonds. The number of nitrogens with one attached hydrogen (secondary N) is 1. The highest BCUT2D eigenvalue weighted by atomic mass is 35.5. The zero-order valence-corrected chi connectivity index (χ0v) is 21.8. The Balaban J connectivity index is 1.53. The molecule has 1 atom stereocenters. The van der Waals surface area contributed by atoms with Gasteiger partial charge in [0.05, 0.1) is 31.5 Å². The van der Waals surface area contributed by atoms with Crippen LogP contribution < -0.4 is 15.0 Å². The van der Waals surface area contributed by atoms with Crippen molar-refractivity contribution in [3.05, 3.63) is 98.9 Å². The lowest BCUT2D eigenvalue weighted by atomic mass is 10.0. The van der Waals surface area contributed by atoms with Gasteiger partial charge in [0.2, 0.25) is 6.79 Å². The molecule has 0 fully saturated rings. The Kier molecular flexibility index (Phi) is 7.01. The van der Waals surface area contributed by atoms with E-state index in [0.29, 0.717) is 65.4 Å². The van der Waals surface area contributed by atoms with E-state index in [-0.39, 0.29) is 12.4 Å². The summed E-state index contributed by atoms with van der Waals surface area (Å²) in [5.74, 6) is 2.40. The summed E-state index contributed by atoms with van der Waals surface area (Å²) in [7, 11) is 1.61. The lowest BCUT2D eigenvalue weighted by Crippen LogP contribution is -2.35. The predicted molar refractivity (Wildman–Crippen MR) is 142 cm³/mol. The highest BCUT2D eigenvalue weighted by Gasteiger charge is 2.32. The van der Waals surface area contributed by atoms with Crippen LogP contribution in [0, 0.1) is 0 Å². The molecule has 200 valence electrons. The molecule has 0 spiro atoms. The van der Waals surface area contributed by atoms with Gasteiger partial charge in [-0.3, -0.25) is 9.69 Å². The Labute approximate surface area is 227 Å². The van der Waals surface area contributed by atoms with Crippen molar-refractivity contribution >= 4 is 22.5 Å². The zero-order valence-electron chi connectivity index (χ0n) is 21.0. The molecule has 1 N–H and O–H groups in total. The van der Waals surface area contributed by atoms with Crippen molar-refractivity contribution in [2.24, 2.45) is 0 Å². The van der Waals surface area contributed by atoms with E-state index >= 15 is 0 Å². The smallest absolute Gasteiger partial charge is 0.253 e. The average Bonchev–Trinajstić information content (AvgIpc) is 3.71. The molecule has 3 aromatic heterocycles. The third-order valence-electron chi connectivity index (χ3n) is 6.61. The standard InChI is InChI=1S/C27H25ClN6O5/c1-36-10-8-34-26(30-31-32-34)25(20-11-18-12-23-24(39-16-38-23)13-22(18)29-27(20)35)33(15-19-6-4-9-37-19)14-17-5-2-3-7-21(17)28/h2-7,9,11-13,25H,8,10,14-16H2,1H3,(H,29,35)/t25-/m0/s1. The fraction of sp³-hybridized carbons (Fsp3) is 0.259. The SMILES string of the molecule is COCCn1nnnc1[C@H](c1cc2cc3c(cc2[nH]c1=O)OCO3)N(Cc1ccco1)Cc1ccccc1Cl. The molecule has 4 heterocycles. The molecule has 0 saturated heterocycles. The van der Waals surface area contributed by atoms with Crippen molar-refractivity contribution in [2.75, 3.05) is 20.5 Å². The monoisotopic (exact) mass is 548 g/mol. The number of aromatic amines is 1. The first-order valence-corrected chi connectivity index (χ1v) is 12.7. The molecule has 2 aromatic carbocycles. The Morgan fingerprint density at radius 3 is 2.77 bits per heavy atom. The maximum absolute atomic E-state index is 13.7. The van der Waals surface area contributed by atoms with Gasteiger partial charge in [0, 0.05) is 35.7 Å². The van der Waals surface area contributed by atoms with Gasteiger partial charge < -0.3 is 23.6 Å². The molecule has 12 heteroatoms. The molecule has 11 nitrogen and oxygen atoms in total. The molecule has 39 heavy (non-hydrogen) atoms. The van der Waals surface area contributed by atoms with Crippen LogP contribution in [0.4, 0.5) is 0 Å². The summed E-state index contributed by atoms with van der Waals surface area (Å²) < 4.78 is 23.7. The summed E-state index contributed by atoms with van der Waals surface area (Å²) in [6.45, 7) is 1.68. The number of hydrogen-bond donors (Lipinski definition) is 1. The molecular weight excluding hydrogens is 524 g/mol. The molecule has 1 aliphatic heterocycles. The number of aromatic nitrogens is 5. The summed E-state index contributed by atoms with van der Waals surface area (Å²) >= 11 is 6.58. The van der Waals surface area contributed by atoms with Gasteiger partial charge in [-0.05, 0) is 46.3 Å². The van der Waals surface area contributed by atoms with Crippen molar-refractivity contribution in [3.63, 3.8) is 0 Å². The number of furan rings is 1. The quantitative estimate of drug-likeness (QED) is 0.277. The summed E-state index contributed by atoms with van der Waals surface area (Å²) in [6.07, 6.45) is 1.62. The van der Waals surface area contributed by atoms with Crippen LogP contribution in [-0.4, -0.2) is 50.6 Å². The summed E-state index contributed by atoms with van der Waals surface area (Å²) in [4.78, 5) is 18.8. The van der Waals surface area contributed by atoms with Crippen molar-refractivity contribution < 1.29 is 18.6 Å². The Bertz CT molecular complexity index is 1650. The lowest BCUT2D eigenvalue weighted by Gasteiger charge is -2.30. The van der Waals surface area contributed by atoms with Gasteiger partial charge in [0.1, 0.15) is 11.8 Å². The van der Waals surface area contributed by atoms with Crippen molar-refractivity contribution in [2.45, 2.75) is 25.7 Å². The molecule has 1 aliphatic rings. The van der Waals surface area contributed by atoms with Gasteiger partial charge in [-0.15, -0.1) is 5.10 Å². The highest BCUT2D eigenvalue weighted by molar-refractivity contribution is 6.31. The van der Waals surface area contributed by atoms with Crippen LogP contribution in [0.25, 0.3) is 10.9 Å². The Morgan fingerprint density at radius 2 is 1.97 bits per heavy atom. The predicted octanol–water partition coefficient (Wildman–Crippen LogP) is 3.93. The number of hydrogen-bond acceptors (Lipinski definition) is 9. The lowest BCUT2D eigenvalue weighted by molar-refractivity contribution is 0.163. The van der Waals surface area contributed by atoms with E-state index < -0.39 is 6.04 Å². The number of pyridine rings is 1. The fourth-order valence-corrected chi connectivity index (χ4v) is 4.94. The largest absolute Gasteiger partial charge is 0.468 e. The normalized spacial score (nSPS) is 13.4. The fourth-order valence-electron chi connectivity index (χ4n) is 4.75. The van der Waals surface area contributed by atoms with Gasteiger partial charge in [-0.25, -0.2) is 4.68 Å². The van der Waals surface area contributed by atoms with Crippen molar-refractivity contribution in [1.82, 2.24) is 30.1 Å². The second-order valence-corrected chi connectivity index (χ2v) is 9.49. The molecule has 0 saturated carbocycles. The van der Waals surface area contributed by atoms with E-state index in [9.17, 15) is 4.79 Å². The average molecular weight is 549 g/mol. The van der Waals surface area contributed by atoms with Gasteiger partial charge in [-0.2, -0.15) is 0 Å². The van der Waals surface area contributed by atoms with Crippen LogP contribution >= 0.6 is 11.6 Å². The maximum Gasteiger partial charge on any atom is 0.253 e. The van der Waals surface area contributed by atoms with Gasteiger partial charge in [-0.1, -0.05) is 29.8 Å². The number of fused-ring (bicyclic) bond motifs is 2. The minimum absolute atomic E-state index is 0.133. The number of ether oxygens (including phenoxy) is 3. The topological polar surface area (TPSA) is 121 Å². The van der Waals surface area contributed by atoms with Crippen LogP contribution in [0.5, 0.6) is 11.5 Å². The Morgan fingerprint density at radius 1 is 1.13 bits per heavy atom. The molecule has 0 bridgehead atoms. The van der Waals surface area contributed by atoms with E-state index in [0.717, 1.165) is 10.9 Å². The summed E-state index contributed by atoms with van der Waals surface area (Å²) in [5, 5.41) is 13.9. The number of tetrazole rings is 1. The molecule has 5 aromatic rings. The minimum Gasteiger partial charge on any atom is -0.468 e.